The van der Waals surface area contributed by atoms with Crippen molar-refractivity contribution in [2.45, 2.75) is 32.5 Å². The van der Waals surface area contributed by atoms with Gasteiger partial charge in [0, 0.05) is 54.4 Å². The molecule has 6 nitrogen and oxygen atoms in total. The SMILES string of the molecule is CC(C)NC(=O)c1sc2ncccc2c1[C@@H]1CN(Cc2cccc3cccnc23)CCO1. The van der Waals surface area contributed by atoms with Crippen molar-refractivity contribution in [3.63, 3.8) is 0 Å². The third-order valence-corrected chi connectivity index (χ3v) is 6.84. The summed E-state index contributed by atoms with van der Waals surface area (Å²) in [7, 11) is 0. The number of carbonyl (C=O) groups excluding carboxylic acids is 1. The Hall–Kier alpha value is -2.87. The third kappa shape index (κ3) is 4.11. The predicted octanol–water partition coefficient (Wildman–Crippen LogP) is 4.56. The number of morpholine rings is 1. The van der Waals surface area contributed by atoms with Crippen LogP contribution < -0.4 is 5.32 Å². The zero-order valence-electron chi connectivity index (χ0n) is 18.2. The number of carbonyl (C=O) groups is 1. The molecule has 5 rings (SSSR count). The number of fused-ring (bicyclic) bond motifs is 2. The van der Waals surface area contributed by atoms with Gasteiger partial charge in [-0.25, -0.2) is 4.98 Å². The Balaban J connectivity index is 1.46. The smallest absolute Gasteiger partial charge is 0.262 e. The number of nitrogens with one attached hydrogen (secondary N) is 1. The number of hydrogen-bond acceptors (Lipinski definition) is 6. The Kier molecular flexibility index (Phi) is 5.87. The van der Waals surface area contributed by atoms with Crippen LogP contribution in [0.5, 0.6) is 0 Å². The summed E-state index contributed by atoms with van der Waals surface area (Å²) in [4.78, 5) is 26.1. The Morgan fingerprint density at radius 2 is 2.00 bits per heavy atom. The summed E-state index contributed by atoms with van der Waals surface area (Å²) in [5.74, 6) is -0.0584. The van der Waals surface area contributed by atoms with E-state index in [1.165, 1.54) is 16.9 Å². The fourth-order valence-electron chi connectivity index (χ4n) is 4.32. The molecular formula is C25H26N4O2S. The van der Waals surface area contributed by atoms with Gasteiger partial charge in [0.05, 0.1) is 18.2 Å². The normalized spacial score (nSPS) is 17.3. The summed E-state index contributed by atoms with van der Waals surface area (Å²) in [5.41, 5.74) is 3.20. The molecular weight excluding hydrogens is 420 g/mol. The number of nitrogens with zero attached hydrogens (tertiary/aromatic N) is 3. The molecule has 0 radical (unpaired) electrons. The van der Waals surface area contributed by atoms with Gasteiger partial charge >= 0.3 is 0 Å². The molecule has 1 aliphatic rings. The lowest BCUT2D eigenvalue weighted by molar-refractivity contribution is -0.0322. The van der Waals surface area contributed by atoms with Crippen LogP contribution in [0.2, 0.25) is 0 Å². The third-order valence-electron chi connectivity index (χ3n) is 5.71. The lowest BCUT2D eigenvalue weighted by Gasteiger charge is -2.33. The molecule has 1 fully saturated rings. The molecule has 4 aromatic rings. The number of benzene rings is 1. The summed E-state index contributed by atoms with van der Waals surface area (Å²) in [6.45, 7) is 6.91. The maximum atomic E-state index is 13.0. The lowest BCUT2D eigenvalue weighted by atomic mass is 10.0. The van der Waals surface area contributed by atoms with Crippen molar-refractivity contribution in [2.75, 3.05) is 19.7 Å². The molecule has 0 spiro atoms. The zero-order chi connectivity index (χ0) is 22.1. The van der Waals surface area contributed by atoms with Crippen LogP contribution in [-0.4, -0.2) is 46.5 Å². The van der Waals surface area contributed by atoms with Gasteiger partial charge in [-0.15, -0.1) is 11.3 Å². The number of hydrogen-bond donors (Lipinski definition) is 1. The molecule has 1 aliphatic heterocycles. The fraction of sp³-hybridized carbons (Fsp3) is 0.320. The van der Waals surface area contributed by atoms with E-state index in [4.69, 9.17) is 4.74 Å². The number of rotatable bonds is 5. The molecule has 3 aromatic heterocycles. The van der Waals surface area contributed by atoms with Crippen LogP contribution in [0.1, 0.15) is 40.8 Å². The van der Waals surface area contributed by atoms with Gasteiger partial charge < -0.3 is 10.1 Å². The van der Waals surface area contributed by atoms with Crippen molar-refractivity contribution in [3.8, 4) is 0 Å². The second-order valence-corrected chi connectivity index (χ2v) is 9.42. The van der Waals surface area contributed by atoms with E-state index in [9.17, 15) is 4.79 Å². The van der Waals surface area contributed by atoms with Crippen LogP contribution in [0, 0.1) is 0 Å². The standard InChI is InChI=1S/C25H26N4O2S/c1-16(2)28-24(30)23-21(19-9-5-11-27-25(19)32-23)20-15-29(12-13-31-20)14-18-7-3-6-17-8-4-10-26-22(17)18/h3-11,16,20H,12-15H2,1-2H3,(H,28,30)/t20-/m0/s1. The van der Waals surface area contributed by atoms with Gasteiger partial charge in [0.25, 0.3) is 5.91 Å². The van der Waals surface area contributed by atoms with Gasteiger partial charge in [-0.1, -0.05) is 30.3 Å². The predicted molar refractivity (Wildman–Crippen MR) is 128 cm³/mol. The van der Waals surface area contributed by atoms with Crippen LogP contribution in [0.15, 0.2) is 54.9 Å². The molecule has 0 aliphatic carbocycles. The van der Waals surface area contributed by atoms with Crippen LogP contribution in [0.25, 0.3) is 21.1 Å². The molecule has 164 valence electrons. The summed E-state index contributed by atoms with van der Waals surface area (Å²) in [5, 5.41) is 5.19. The molecule has 1 N–H and O–H groups in total. The molecule has 1 atom stereocenters. The Bertz CT molecular complexity index is 1260. The van der Waals surface area contributed by atoms with Crippen molar-refractivity contribution < 1.29 is 9.53 Å². The summed E-state index contributed by atoms with van der Waals surface area (Å²) in [6, 6.07) is 14.4. The average Bonchev–Trinajstić information content (AvgIpc) is 3.19. The van der Waals surface area contributed by atoms with E-state index >= 15 is 0 Å². The molecule has 32 heavy (non-hydrogen) atoms. The van der Waals surface area contributed by atoms with Crippen molar-refractivity contribution in [1.82, 2.24) is 20.2 Å². The number of amides is 1. The second-order valence-electron chi connectivity index (χ2n) is 8.42. The molecule has 0 saturated carbocycles. The molecule has 1 saturated heterocycles. The molecule has 1 aromatic carbocycles. The second kappa shape index (κ2) is 8.94. The van der Waals surface area contributed by atoms with Crippen molar-refractivity contribution in [3.05, 3.63) is 70.9 Å². The fourth-order valence-corrected chi connectivity index (χ4v) is 5.42. The van der Waals surface area contributed by atoms with E-state index in [2.05, 4.69) is 44.5 Å². The number of para-hydroxylation sites is 1. The van der Waals surface area contributed by atoms with Gasteiger partial charge in [0.2, 0.25) is 0 Å². The highest BCUT2D eigenvalue weighted by Crippen LogP contribution is 2.37. The number of pyridine rings is 2. The van der Waals surface area contributed by atoms with E-state index in [1.807, 2.05) is 38.2 Å². The van der Waals surface area contributed by atoms with Gasteiger partial charge in [-0.2, -0.15) is 0 Å². The van der Waals surface area contributed by atoms with Crippen LogP contribution >= 0.6 is 11.3 Å². The minimum absolute atomic E-state index is 0.0584. The minimum Gasteiger partial charge on any atom is -0.371 e. The van der Waals surface area contributed by atoms with Gasteiger partial charge in [0.15, 0.2) is 0 Å². The van der Waals surface area contributed by atoms with Crippen molar-refractivity contribution in [1.29, 1.82) is 0 Å². The summed E-state index contributed by atoms with van der Waals surface area (Å²) in [6.07, 6.45) is 3.43. The van der Waals surface area contributed by atoms with Gasteiger partial charge in [-0.3, -0.25) is 14.7 Å². The minimum atomic E-state index is -0.183. The molecule has 1 amide bonds. The van der Waals surface area contributed by atoms with E-state index < -0.39 is 0 Å². The van der Waals surface area contributed by atoms with E-state index in [0.29, 0.717) is 18.0 Å². The first kappa shape index (κ1) is 21.0. The molecule has 0 bridgehead atoms. The first-order valence-corrected chi connectivity index (χ1v) is 11.8. The average molecular weight is 447 g/mol. The summed E-state index contributed by atoms with van der Waals surface area (Å²) < 4.78 is 6.22. The Morgan fingerprint density at radius 1 is 1.19 bits per heavy atom. The maximum Gasteiger partial charge on any atom is 0.262 e. The van der Waals surface area contributed by atoms with Gasteiger partial charge in [-0.05, 0) is 31.5 Å². The number of ether oxygens (including phenoxy) is 1. The Labute approximate surface area is 191 Å². The van der Waals surface area contributed by atoms with Crippen molar-refractivity contribution in [2.24, 2.45) is 0 Å². The van der Waals surface area contributed by atoms with Crippen LogP contribution in [-0.2, 0) is 11.3 Å². The number of aromatic nitrogens is 2. The quantitative estimate of drug-likeness (QED) is 0.487. The first-order valence-electron chi connectivity index (χ1n) is 10.9. The highest BCUT2D eigenvalue weighted by molar-refractivity contribution is 7.20. The highest BCUT2D eigenvalue weighted by atomic mass is 32.1. The molecule has 7 heteroatoms. The topological polar surface area (TPSA) is 67.4 Å². The van der Waals surface area contributed by atoms with Crippen molar-refractivity contribution >= 4 is 38.4 Å². The van der Waals surface area contributed by atoms with E-state index in [-0.39, 0.29) is 18.1 Å². The largest absolute Gasteiger partial charge is 0.371 e. The number of thiophene rings is 1. The Morgan fingerprint density at radius 3 is 2.88 bits per heavy atom. The van der Waals surface area contributed by atoms with E-state index in [1.54, 1.807) is 6.20 Å². The highest BCUT2D eigenvalue weighted by Gasteiger charge is 2.30. The first-order chi connectivity index (χ1) is 15.6. The zero-order valence-corrected chi connectivity index (χ0v) is 19.1. The lowest BCUT2D eigenvalue weighted by Crippen LogP contribution is -2.38. The van der Waals surface area contributed by atoms with Crippen LogP contribution in [0.3, 0.4) is 0 Å². The monoisotopic (exact) mass is 446 g/mol. The summed E-state index contributed by atoms with van der Waals surface area (Å²) >= 11 is 1.44. The molecule has 4 heterocycles. The van der Waals surface area contributed by atoms with Gasteiger partial charge in [0.1, 0.15) is 9.71 Å². The van der Waals surface area contributed by atoms with Crippen LogP contribution in [0.4, 0.5) is 0 Å². The van der Waals surface area contributed by atoms with E-state index in [0.717, 1.165) is 39.8 Å². The maximum absolute atomic E-state index is 13.0. The molecule has 0 unspecified atom stereocenters.